The van der Waals surface area contributed by atoms with Crippen LogP contribution in [0, 0.1) is 0 Å². The lowest BCUT2D eigenvalue weighted by atomic mass is 9.86. The Hall–Kier alpha value is -0.910. The van der Waals surface area contributed by atoms with E-state index >= 15 is 0 Å². The summed E-state index contributed by atoms with van der Waals surface area (Å²) in [5.74, 6) is 0. The third-order valence-corrected chi connectivity index (χ3v) is 4.53. The molecule has 0 saturated carbocycles. The van der Waals surface area contributed by atoms with Gasteiger partial charge in [0.05, 0.1) is 0 Å². The van der Waals surface area contributed by atoms with E-state index in [9.17, 15) is 8.42 Å². The number of rotatable bonds is 5. The topological polar surface area (TPSA) is 49.4 Å². The molecule has 0 aliphatic carbocycles. The van der Waals surface area contributed by atoms with E-state index < -0.39 is 10.2 Å². The van der Waals surface area contributed by atoms with Crippen molar-refractivity contribution in [2.75, 3.05) is 20.6 Å². The molecule has 0 aliphatic heterocycles. The Morgan fingerprint density at radius 2 is 1.63 bits per heavy atom. The van der Waals surface area contributed by atoms with Crippen LogP contribution >= 0.6 is 0 Å². The highest BCUT2D eigenvalue weighted by atomic mass is 32.2. The number of hydrogen-bond donors (Lipinski definition) is 1. The van der Waals surface area contributed by atoms with Crippen molar-refractivity contribution in [2.24, 2.45) is 0 Å². The van der Waals surface area contributed by atoms with Crippen molar-refractivity contribution >= 4 is 10.2 Å². The van der Waals surface area contributed by atoms with Gasteiger partial charge >= 0.3 is 0 Å². The Kier molecular flexibility index (Phi) is 5.12. The highest BCUT2D eigenvalue weighted by Crippen LogP contribution is 2.22. The van der Waals surface area contributed by atoms with Crippen LogP contribution in [0.25, 0.3) is 0 Å². The maximum absolute atomic E-state index is 11.5. The zero-order valence-electron chi connectivity index (χ0n) is 12.4. The van der Waals surface area contributed by atoms with Crippen LogP contribution in [0.4, 0.5) is 0 Å². The smallest absolute Gasteiger partial charge is 0.202 e. The van der Waals surface area contributed by atoms with Gasteiger partial charge in [-0.1, -0.05) is 45.0 Å². The first-order valence-corrected chi connectivity index (χ1v) is 7.83. The molecule has 1 rings (SSSR count). The number of nitrogens with one attached hydrogen (secondary N) is 1. The van der Waals surface area contributed by atoms with Gasteiger partial charge in [-0.05, 0) is 23.0 Å². The van der Waals surface area contributed by atoms with E-state index in [1.807, 2.05) is 0 Å². The van der Waals surface area contributed by atoms with Crippen LogP contribution in [0.2, 0.25) is 0 Å². The zero-order valence-corrected chi connectivity index (χ0v) is 13.2. The minimum absolute atomic E-state index is 0.144. The van der Waals surface area contributed by atoms with Crippen LogP contribution < -0.4 is 4.72 Å². The Morgan fingerprint density at radius 3 is 2.05 bits per heavy atom. The first-order valence-electron chi connectivity index (χ1n) is 6.39. The minimum Gasteiger partial charge on any atom is -0.202 e. The van der Waals surface area contributed by atoms with E-state index in [0.717, 1.165) is 5.56 Å². The van der Waals surface area contributed by atoms with E-state index in [2.05, 4.69) is 49.8 Å². The molecule has 0 bridgehead atoms. The quantitative estimate of drug-likeness (QED) is 0.898. The summed E-state index contributed by atoms with van der Waals surface area (Å²) in [5.41, 5.74) is 2.56. The molecule has 0 fully saturated rings. The third kappa shape index (κ3) is 4.93. The van der Waals surface area contributed by atoms with Crippen LogP contribution in [0.3, 0.4) is 0 Å². The summed E-state index contributed by atoms with van der Waals surface area (Å²) in [4.78, 5) is 0. The van der Waals surface area contributed by atoms with Gasteiger partial charge in [0, 0.05) is 20.6 Å². The predicted molar refractivity (Wildman–Crippen MR) is 79.5 cm³/mol. The predicted octanol–water partition coefficient (Wildman–Crippen LogP) is 1.92. The van der Waals surface area contributed by atoms with E-state index in [1.165, 1.54) is 24.0 Å². The summed E-state index contributed by atoms with van der Waals surface area (Å²) in [6, 6.07) is 8.33. The number of benzene rings is 1. The standard InChI is InChI=1S/C14H24N2O2S/c1-14(2,3)13-8-6-12(7-9-13)10-11-15-19(17,18)16(4)5/h6-9,15H,10-11H2,1-5H3. The lowest BCUT2D eigenvalue weighted by molar-refractivity contribution is 0.506. The molecule has 1 aromatic carbocycles. The highest BCUT2D eigenvalue weighted by Gasteiger charge is 2.13. The molecule has 0 unspecified atom stereocenters. The molecule has 0 aliphatic rings. The molecule has 0 amide bonds. The van der Waals surface area contributed by atoms with Crippen molar-refractivity contribution in [1.82, 2.24) is 9.03 Å². The van der Waals surface area contributed by atoms with E-state index in [0.29, 0.717) is 13.0 Å². The molecule has 0 radical (unpaired) electrons. The van der Waals surface area contributed by atoms with Crippen molar-refractivity contribution in [3.05, 3.63) is 35.4 Å². The third-order valence-electron chi connectivity index (χ3n) is 3.00. The Morgan fingerprint density at radius 1 is 1.11 bits per heavy atom. The van der Waals surface area contributed by atoms with Gasteiger partial charge < -0.3 is 0 Å². The summed E-state index contributed by atoms with van der Waals surface area (Å²) in [6.45, 7) is 6.93. The van der Waals surface area contributed by atoms with Gasteiger partial charge in [0.15, 0.2) is 0 Å². The lowest BCUT2D eigenvalue weighted by Gasteiger charge is -2.19. The lowest BCUT2D eigenvalue weighted by Crippen LogP contribution is -2.36. The summed E-state index contributed by atoms with van der Waals surface area (Å²) < 4.78 is 26.8. The molecule has 0 heterocycles. The minimum atomic E-state index is -3.32. The van der Waals surface area contributed by atoms with E-state index in [-0.39, 0.29) is 5.41 Å². The Labute approximate surface area is 117 Å². The molecular weight excluding hydrogens is 260 g/mol. The summed E-state index contributed by atoms with van der Waals surface area (Å²) >= 11 is 0. The Bertz CT molecular complexity index is 499. The van der Waals surface area contributed by atoms with E-state index in [1.54, 1.807) is 0 Å². The molecule has 0 spiro atoms. The van der Waals surface area contributed by atoms with Gasteiger partial charge in [-0.3, -0.25) is 0 Å². The van der Waals surface area contributed by atoms with Crippen LogP contribution in [0.5, 0.6) is 0 Å². The summed E-state index contributed by atoms with van der Waals surface area (Å²) in [5, 5.41) is 0. The fraction of sp³-hybridized carbons (Fsp3) is 0.571. The largest absolute Gasteiger partial charge is 0.278 e. The van der Waals surface area contributed by atoms with Crippen molar-refractivity contribution in [2.45, 2.75) is 32.6 Å². The molecule has 108 valence electrons. The number of hydrogen-bond acceptors (Lipinski definition) is 2. The number of nitrogens with zero attached hydrogens (tertiary/aromatic N) is 1. The average molecular weight is 284 g/mol. The van der Waals surface area contributed by atoms with Gasteiger partial charge in [-0.15, -0.1) is 0 Å². The first kappa shape index (κ1) is 16.1. The van der Waals surface area contributed by atoms with Crippen molar-refractivity contribution in [3.8, 4) is 0 Å². The molecule has 19 heavy (non-hydrogen) atoms. The zero-order chi connectivity index (χ0) is 14.7. The molecule has 0 atom stereocenters. The van der Waals surface area contributed by atoms with Gasteiger partial charge in [0.25, 0.3) is 10.2 Å². The maximum Gasteiger partial charge on any atom is 0.278 e. The van der Waals surface area contributed by atoms with Crippen molar-refractivity contribution in [1.29, 1.82) is 0 Å². The van der Waals surface area contributed by atoms with Gasteiger partial charge in [-0.2, -0.15) is 12.7 Å². The SMILES string of the molecule is CN(C)S(=O)(=O)NCCc1ccc(C(C)(C)C)cc1. The Balaban J connectivity index is 2.56. The second-order valence-corrected chi connectivity index (χ2v) is 7.85. The molecule has 4 nitrogen and oxygen atoms in total. The van der Waals surface area contributed by atoms with Crippen LogP contribution in [-0.4, -0.2) is 33.4 Å². The molecule has 5 heteroatoms. The van der Waals surface area contributed by atoms with Gasteiger partial charge in [-0.25, -0.2) is 4.72 Å². The first-order chi connectivity index (χ1) is 8.63. The van der Waals surface area contributed by atoms with E-state index in [4.69, 9.17) is 0 Å². The molecule has 0 aromatic heterocycles. The molecule has 1 aromatic rings. The fourth-order valence-corrected chi connectivity index (χ4v) is 2.24. The summed E-state index contributed by atoms with van der Waals surface area (Å²) in [6.07, 6.45) is 0.692. The molecule has 0 saturated heterocycles. The van der Waals surface area contributed by atoms with Crippen molar-refractivity contribution < 1.29 is 8.42 Å². The molecular formula is C14H24N2O2S. The van der Waals surface area contributed by atoms with Gasteiger partial charge in [0.1, 0.15) is 0 Å². The molecule has 1 N–H and O–H groups in total. The van der Waals surface area contributed by atoms with Crippen molar-refractivity contribution in [3.63, 3.8) is 0 Å². The van der Waals surface area contributed by atoms with Crippen LogP contribution in [0.1, 0.15) is 31.9 Å². The second kappa shape index (κ2) is 6.03. The van der Waals surface area contributed by atoms with Gasteiger partial charge in [0.2, 0.25) is 0 Å². The van der Waals surface area contributed by atoms with Crippen LogP contribution in [-0.2, 0) is 22.0 Å². The normalized spacial score (nSPS) is 12.9. The highest BCUT2D eigenvalue weighted by molar-refractivity contribution is 7.87. The van der Waals surface area contributed by atoms with Crippen LogP contribution in [0.15, 0.2) is 24.3 Å². The monoisotopic (exact) mass is 284 g/mol. The maximum atomic E-state index is 11.5. The summed E-state index contributed by atoms with van der Waals surface area (Å²) in [7, 11) is -0.288. The fourth-order valence-electron chi connectivity index (χ4n) is 1.62. The average Bonchev–Trinajstić information content (AvgIpc) is 2.28. The second-order valence-electron chi connectivity index (χ2n) is 5.88.